The topological polar surface area (TPSA) is 122 Å². The molecule has 38 heavy (non-hydrogen) atoms. The third-order valence-corrected chi connectivity index (χ3v) is 7.05. The Balaban J connectivity index is 1.55. The van der Waals surface area contributed by atoms with Gasteiger partial charge < -0.3 is 25.8 Å². The van der Waals surface area contributed by atoms with Crippen molar-refractivity contribution in [3.63, 3.8) is 0 Å². The van der Waals surface area contributed by atoms with E-state index in [1.54, 1.807) is 6.92 Å². The molecule has 3 rings (SSSR count). The van der Waals surface area contributed by atoms with Crippen molar-refractivity contribution in [2.24, 2.45) is 5.73 Å². The fraction of sp³-hybridized carbons (Fsp3) is 0.400. The van der Waals surface area contributed by atoms with Gasteiger partial charge in [-0.05, 0) is 30.5 Å². The van der Waals surface area contributed by atoms with Gasteiger partial charge >= 0.3 is 5.97 Å². The highest BCUT2D eigenvalue weighted by molar-refractivity contribution is 8.00. The summed E-state index contributed by atoms with van der Waals surface area (Å²) >= 11 is 1.21. The lowest BCUT2D eigenvalue weighted by molar-refractivity contribution is -0.145. The second kappa shape index (κ2) is 13.0. The Bertz CT molecular complexity index is 1200. The second-order valence-corrected chi connectivity index (χ2v) is 9.85. The van der Waals surface area contributed by atoms with Gasteiger partial charge in [-0.15, -0.1) is 11.8 Å². The zero-order valence-electron chi connectivity index (χ0n) is 20.4. The molecule has 2 amide bonds. The third-order valence-electron chi connectivity index (χ3n) is 5.85. The van der Waals surface area contributed by atoms with Gasteiger partial charge in [0.05, 0.1) is 0 Å². The number of ether oxygens (including phenoxy) is 1. The monoisotopic (exact) mass is 557 g/mol. The minimum atomic E-state index is -1.33. The van der Waals surface area contributed by atoms with Crippen LogP contribution in [0.1, 0.15) is 30.9 Å². The summed E-state index contributed by atoms with van der Waals surface area (Å²) in [6, 6.07) is 4.00. The van der Waals surface area contributed by atoms with Gasteiger partial charge in [-0.1, -0.05) is 13.0 Å². The number of halogens is 4. The number of amides is 2. The van der Waals surface area contributed by atoms with Crippen LogP contribution < -0.4 is 15.8 Å². The predicted octanol–water partition coefficient (Wildman–Crippen LogP) is 2.96. The van der Waals surface area contributed by atoms with Gasteiger partial charge in [-0.25, -0.2) is 22.4 Å². The molecular formula is C25H27F4N3O5S. The molecule has 0 aromatic heterocycles. The number of benzene rings is 2. The molecule has 0 radical (unpaired) electrons. The Morgan fingerprint density at radius 3 is 2.45 bits per heavy atom. The SMILES string of the molecule is CCC(Oc1ccc(CNC(=O)C2SCCN2C(=O)CC(N)Cc2cc(F)c(F)cc2F)c(F)c1)C(=O)O. The molecule has 0 bridgehead atoms. The zero-order valence-corrected chi connectivity index (χ0v) is 21.2. The van der Waals surface area contributed by atoms with Gasteiger partial charge in [-0.3, -0.25) is 9.59 Å². The summed E-state index contributed by atoms with van der Waals surface area (Å²) in [5, 5.41) is 10.8. The first-order valence-corrected chi connectivity index (χ1v) is 12.8. The Hall–Kier alpha value is -3.32. The van der Waals surface area contributed by atoms with Crippen LogP contribution in [0.15, 0.2) is 30.3 Å². The predicted molar refractivity (Wildman–Crippen MR) is 131 cm³/mol. The van der Waals surface area contributed by atoms with E-state index in [0.29, 0.717) is 17.9 Å². The highest BCUT2D eigenvalue weighted by Gasteiger charge is 2.35. The normalized spacial score (nSPS) is 16.7. The van der Waals surface area contributed by atoms with E-state index in [-0.39, 0.29) is 49.2 Å². The minimum Gasteiger partial charge on any atom is -0.479 e. The van der Waals surface area contributed by atoms with E-state index in [1.807, 2.05) is 0 Å². The molecule has 1 aliphatic heterocycles. The van der Waals surface area contributed by atoms with E-state index in [2.05, 4.69) is 5.32 Å². The fourth-order valence-electron chi connectivity index (χ4n) is 3.85. The second-order valence-electron chi connectivity index (χ2n) is 8.66. The van der Waals surface area contributed by atoms with Crippen molar-refractivity contribution in [2.75, 3.05) is 12.3 Å². The van der Waals surface area contributed by atoms with E-state index < -0.39 is 58.6 Å². The number of carbonyl (C=O) groups excluding carboxylic acids is 2. The number of carbonyl (C=O) groups is 3. The summed E-state index contributed by atoms with van der Waals surface area (Å²) < 4.78 is 60.2. The maximum absolute atomic E-state index is 14.5. The van der Waals surface area contributed by atoms with Crippen molar-refractivity contribution in [3.8, 4) is 5.75 Å². The molecule has 1 saturated heterocycles. The summed E-state index contributed by atoms with van der Waals surface area (Å²) in [7, 11) is 0. The molecule has 2 aromatic rings. The Morgan fingerprint density at radius 2 is 1.79 bits per heavy atom. The van der Waals surface area contributed by atoms with Gasteiger partial charge in [0.25, 0.3) is 5.91 Å². The first-order chi connectivity index (χ1) is 18.0. The van der Waals surface area contributed by atoms with Crippen LogP contribution in [0.25, 0.3) is 0 Å². The van der Waals surface area contributed by atoms with Crippen LogP contribution in [0.2, 0.25) is 0 Å². The minimum absolute atomic E-state index is 0.0366. The standard InChI is InChI=1S/C25H27F4N3O5S/c1-2-21(25(35)36)37-16-4-3-13(17(26)10-16)12-31-23(34)24-32(5-6-38-24)22(33)9-15(30)7-14-8-19(28)20(29)11-18(14)27/h3-4,8,10-11,15,21,24H,2,5-7,9,12,30H2,1H3,(H,31,34)(H,35,36). The van der Waals surface area contributed by atoms with Crippen molar-refractivity contribution in [2.45, 2.75) is 50.3 Å². The smallest absolute Gasteiger partial charge is 0.344 e. The number of hydrogen-bond donors (Lipinski definition) is 3. The first-order valence-electron chi connectivity index (χ1n) is 11.8. The fourth-order valence-corrected chi connectivity index (χ4v) is 5.01. The maximum atomic E-state index is 14.5. The molecule has 1 aliphatic rings. The van der Waals surface area contributed by atoms with Crippen LogP contribution in [-0.2, 0) is 27.3 Å². The molecule has 1 fully saturated rings. The van der Waals surface area contributed by atoms with Crippen molar-refractivity contribution in [1.29, 1.82) is 0 Å². The molecule has 0 aliphatic carbocycles. The van der Waals surface area contributed by atoms with Gasteiger partial charge in [0.2, 0.25) is 5.91 Å². The molecule has 8 nitrogen and oxygen atoms in total. The molecule has 206 valence electrons. The molecule has 4 N–H and O–H groups in total. The van der Waals surface area contributed by atoms with Crippen LogP contribution in [0.3, 0.4) is 0 Å². The highest BCUT2D eigenvalue weighted by Crippen LogP contribution is 2.26. The zero-order chi connectivity index (χ0) is 28.0. The molecule has 2 aromatic carbocycles. The van der Waals surface area contributed by atoms with E-state index in [4.69, 9.17) is 15.6 Å². The Kier molecular flexibility index (Phi) is 9.97. The largest absolute Gasteiger partial charge is 0.479 e. The Labute approximate surface area is 220 Å². The van der Waals surface area contributed by atoms with Crippen LogP contribution in [0.5, 0.6) is 5.75 Å². The summed E-state index contributed by atoms with van der Waals surface area (Å²) in [6.45, 7) is 1.69. The van der Waals surface area contributed by atoms with Gasteiger partial charge in [0, 0.05) is 49.0 Å². The molecule has 1 heterocycles. The van der Waals surface area contributed by atoms with Gasteiger partial charge in [0.1, 0.15) is 17.4 Å². The molecule has 0 spiro atoms. The van der Waals surface area contributed by atoms with Crippen LogP contribution in [-0.4, -0.2) is 57.6 Å². The molecule has 3 atom stereocenters. The van der Waals surface area contributed by atoms with Gasteiger partial charge in [0.15, 0.2) is 23.1 Å². The van der Waals surface area contributed by atoms with E-state index in [1.165, 1.54) is 28.8 Å². The summed E-state index contributed by atoms with van der Waals surface area (Å²) in [5.41, 5.74) is 5.91. The number of carboxylic acid groups (broad SMARTS) is 1. The molecule has 3 unspecified atom stereocenters. The summed E-state index contributed by atoms with van der Waals surface area (Å²) in [5.74, 6) is -5.89. The van der Waals surface area contributed by atoms with Crippen LogP contribution >= 0.6 is 11.8 Å². The number of nitrogens with one attached hydrogen (secondary N) is 1. The number of hydrogen-bond acceptors (Lipinski definition) is 6. The summed E-state index contributed by atoms with van der Waals surface area (Å²) in [4.78, 5) is 38.0. The lowest BCUT2D eigenvalue weighted by Crippen LogP contribution is -2.46. The summed E-state index contributed by atoms with van der Waals surface area (Å²) in [6.07, 6.45) is -1.40. The average Bonchev–Trinajstić information content (AvgIpc) is 3.35. The Morgan fingerprint density at radius 1 is 1.11 bits per heavy atom. The van der Waals surface area contributed by atoms with Crippen molar-refractivity contribution in [3.05, 3.63) is 64.7 Å². The maximum Gasteiger partial charge on any atom is 0.344 e. The number of nitrogens with two attached hydrogens (primary N) is 1. The molecule has 13 heteroatoms. The molecular weight excluding hydrogens is 530 g/mol. The number of nitrogens with zero attached hydrogens (tertiary/aromatic N) is 1. The number of thioether (sulfide) groups is 1. The quantitative estimate of drug-likeness (QED) is 0.287. The van der Waals surface area contributed by atoms with E-state index in [9.17, 15) is 31.9 Å². The van der Waals surface area contributed by atoms with Crippen LogP contribution in [0, 0.1) is 23.3 Å². The van der Waals surface area contributed by atoms with E-state index in [0.717, 1.165) is 6.07 Å². The first kappa shape index (κ1) is 29.2. The lowest BCUT2D eigenvalue weighted by Gasteiger charge is -2.24. The number of carboxylic acids is 1. The van der Waals surface area contributed by atoms with Crippen molar-refractivity contribution >= 4 is 29.5 Å². The number of aliphatic carboxylic acids is 1. The van der Waals surface area contributed by atoms with E-state index >= 15 is 0 Å². The number of rotatable bonds is 11. The lowest BCUT2D eigenvalue weighted by atomic mass is 10.0. The molecule has 0 saturated carbocycles. The van der Waals surface area contributed by atoms with Gasteiger partial charge in [-0.2, -0.15) is 0 Å². The highest BCUT2D eigenvalue weighted by atomic mass is 32.2. The van der Waals surface area contributed by atoms with Crippen molar-refractivity contribution < 1.29 is 41.8 Å². The van der Waals surface area contributed by atoms with Crippen molar-refractivity contribution in [1.82, 2.24) is 10.2 Å². The average molecular weight is 558 g/mol. The third kappa shape index (κ3) is 7.38. The van der Waals surface area contributed by atoms with Crippen LogP contribution in [0.4, 0.5) is 17.6 Å².